The van der Waals surface area contributed by atoms with E-state index in [-0.39, 0.29) is 19.0 Å². The van der Waals surface area contributed by atoms with Gasteiger partial charge in [0, 0.05) is 11.1 Å². The van der Waals surface area contributed by atoms with Crippen LogP contribution in [0.25, 0.3) is 0 Å². The maximum Gasteiger partial charge on any atom is 0.200 e. The van der Waals surface area contributed by atoms with Gasteiger partial charge in [0.05, 0.1) is 6.61 Å². The molecule has 2 nitrogen and oxygen atoms in total. The maximum atomic E-state index is 13.1. The molecule has 1 rings (SSSR count). The molecule has 0 aliphatic rings. The first-order valence-electron chi connectivity index (χ1n) is 4.53. The van der Waals surface area contributed by atoms with Crippen molar-refractivity contribution in [2.24, 2.45) is 0 Å². The third kappa shape index (κ3) is 3.76. The van der Waals surface area contributed by atoms with Crippen LogP contribution in [0.2, 0.25) is 0 Å². The average molecular weight is 281 g/mol. The van der Waals surface area contributed by atoms with E-state index in [4.69, 9.17) is 9.84 Å². The van der Waals surface area contributed by atoms with Crippen LogP contribution in [0, 0.1) is 11.6 Å². The third-order valence-electron chi connectivity index (χ3n) is 1.77. The quantitative estimate of drug-likeness (QED) is 0.664. The molecule has 0 aliphatic heterocycles. The number of halogens is 3. The van der Waals surface area contributed by atoms with E-state index in [9.17, 15) is 8.78 Å². The summed E-state index contributed by atoms with van der Waals surface area (Å²) in [5, 5.41) is 8.51. The standard InChI is InChI=1S/C10H11BrF2O2/c11-7-5-8(12)10(13)9(6-7)15-4-2-1-3-14/h5-6,14H,1-4H2. The molecular formula is C10H11BrF2O2. The first kappa shape index (κ1) is 12.4. The summed E-state index contributed by atoms with van der Waals surface area (Å²) in [6.07, 6.45) is 1.18. The van der Waals surface area contributed by atoms with Crippen molar-refractivity contribution in [3.05, 3.63) is 28.2 Å². The second-order valence-electron chi connectivity index (χ2n) is 2.98. The highest BCUT2D eigenvalue weighted by Crippen LogP contribution is 2.25. The van der Waals surface area contributed by atoms with Crippen LogP contribution < -0.4 is 4.74 Å². The smallest absolute Gasteiger partial charge is 0.200 e. The first-order chi connectivity index (χ1) is 7.15. The Kier molecular flexibility index (Phi) is 4.98. The maximum absolute atomic E-state index is 13.1. The van der Waals surface area contributed by atoms with Gasteiger partial charge in [0.25, 0.3) is 0 Å². The van der Waals surface area contributed by atoms with Crippen LogP contribution in [0.4, 0.5) is 8.78 Å². The molecule has 0 heterocycles. The van der Waals surface area contributed by atoms with Crippen molar-refractivity contribution < 1.29 is 18.6 Å². The minimum Gasteiger partial charge on any atom is -0.490 e. The molecule has 0 aromatic heterocycles. The zero-order valence-corrected chi connectivity index (χ0v) is 9.56. The summed E-state index contributed by atoms with van der Waals surface area (Å²) in [6, 6.07) is 2.41. The molecule has 0 spiro atoms. The van der Waals surface area contributed by atoms with Gasteiger partial charge in [-0.3, -0.25) is 0 Å². The lowest BCUT2D eigenvalue weighted by Crippen LogP contribution is -2.01. The predicted octanol–water partition coefficient (Wildman–Crippen LogP) is 2.88. The number of ether oxygens (including phenoxy) is 1. The summed E-state index contributed by atoms with van der Waals surface area (Å²) in [4.78, 5) is 0. The van der Waals surface area contributed by atoms with Crippen molar-refractivity contribution >= 4 is 15.9 Å². The normalized spacial score (nSPS) is 10.4. The molecule has 0 amide bonds. The molecule has 15 heavy (non-hydrogen) atoms. The Hall–Kier alpha value is -0.680. The first-order valence-corrected chi connectivity index (χ1v) is 5.32. The fourth-order valence-electron chi connectivity index (χ4n) is 1.03. The largest absolute Gasteiger partial charge is 0.490 e. The van der Waals surface area contributed by atoms with Crippen LogP contribution in [0.1, 0.15) is 12.8 Å². The molecule has 1 aromatic rings. The van der Waals surface area contributed by atoms with Gasteiger partial charge < -0.3 is 9.84 Å². The van der Waals surface area contributed by atoms with E-state index < -0.39 is 11.6 Å². The Morgan fingerprint density at radius 1 is 1.27 bits per heavy atom. The molecule has 0 radical (unpaired) electrons. The Morgan fingerprint density at radius 3 is 2.67 bits per heavy atom. The number of rotatable bonds is 5. The van der Waals surface area contributed by atoms with Crippen molar-refractivity contribution in [1.82, 2.24) is 0 Å². The highest BCUT2D eigenvalue weighted by molar-refractivity contribution is 9.10. The highest BCUT2D eigenvalue weighted by atomic mass is 79.9. The van der Waals surface area contributed by atoms with E-state index in [1.165, 1.54) is 6.07 Å². The van der Waals surface area contributed by atoms with E-state index in [1.54, 1.807) is 0 Å². The fraction of sp³-hybridized carbons (Fsp3) is 0.400. The molecule has 0 atom stereocenters. The van der Waals surface area contributed by atoms with Crippen LogP contribution >= 0.6 is 15.9 Å². The van der Waals surface area contributed by atoms with Crippen molar-refractivity contribution in [2.45, 2.75) is 12.8 Å². The van der Waals surface area contributed by atoms with Gasteiger partial charge in [0.1, 0.15) is 0 Å². The zero-order chi connectivity index (χ0) is 11.3. The summed E-state index contributed by atoms with van der Waals surface area (Å²) >= 11 is 3.04. The zero-order valence-electron chi connectivity index (χ0n) is 7.97. The molecule has 0 bridgehead atoms. The van der Waals surface area contributed by atoms with Gasteiger partial charge in [-0.2, -0.15) is 4.39 Å². The number of aliphatic hydroxyl groups is 1. The van der Waals surface area contributed by atoms with E-state index >= 15 is 0 Å². The summed E-state index contributed by atoms with van der Waals surface area (Å²) in [5.41, 5.74) is 0. The molecule has 0 saturated heterocycles. The van der Waals surface area contributed by atoms with E-state index in [1.807, 2.05) is 0 Å². The van der Waals surface area contributed by atoms with Crippen molar-refractivity contribution in [2.75, 3.05) is 13.2 Å². The van der Waals surface area contributed by atoms with Crippen LogP contribution in [-0.2, 0) is 0 Å². The second-order valence-corrected chi connectivity index (χ2v) is 3.89. The van der Waals surface area contributed by atoms with Crippen LogP contribution in [0.15, 0.2) is 16.6 Å². The molecule has 0 aliphatic carbocycles. The Morgan fingerprint density at radius 2 is 2.00 bits per heavy atom. The van der Waals surface area contributed by atoms with Crippen molar-refractivity contribution in [3.63, 3.8) is 0 Å². The molecule has 5 heteroatoms. The number of unbranched alkanes of at least 4 members (excludes halogenated alkanes) is 1. The molecule has 0 saturated carbocycles. The molecule has 1 aromatic carbocycles. The van der Waals surface area contributed by atoms with Crippen molar-refractivity contribution in [1.29, 1.82) is 0 Å². The van der Waals surface area contributed by atoms with Crippen molar-refractivity contribution in [3.8, 4) is 5.75 Å². The van der Waals surface area contributed by atoms with Gasteiger partial charge in [0.2, 0.25) is 5.82 Å². The van der Waals surface area contributed by atoms with Crippen LogP contribution in [0.5, 0.6) is 5.75 Å². The van der Waals surface area contributed by atoms with E-state index in [0.29, 0.717) is 17.3 Å². The number of aliphatic hydroxyl groups excluding tert-OH is 1. The number of benzene rings is 1. The number of hydrogen-bond acceptors (Lipinski definition) is 2. The average Bonchev–Trinajstić information content (AvgIpc) is 2.19. The molecule has 84 valence electrons. The minimum atomic E-state index is -0.984. The monoisotopic (exact) mass is 280 g/mol. The highest BCUT2D eigenvalue weighted by Gasteiger charge is 2.10. The van der Waals surface area contributed by atoms with Gasteiger partial charge in [-0.05, 0) is 25.0 Å². The van der Waals surface area contributed by atoms with Gasteiger partial charge >= 0.3 is 0 Å². The summed E-state index contributed by atoms with van der Waals surface area (Å²) in [7, 11) is 0. The predicted molar refractivity (Wildman–Crippen MR) is 55.9 cm³/mol. The lowest BCUT2D eigenvalue weighted by atomic mass is 10.3. The Labute approximate surface area is 95.0 Å². The minimum absolute atomic E-state index is 0.0681. The van der Waals surface area contributed by atoms with Gasteiger partial charge in [-0.15, -0.1) is 0 Å². The SMILES string of the molecule is OCCCCOc1cc(Br)cc(F)c1F. The van der Waals surface area contributed by atoms with Crippen LogP contribution in [0.3, 0.4) is 0 Å². The molecule has 0 unspecified atom stereocenters. The summed E-state index contributed by atoms with van der Waals surface area (Å²) in [6.45, 7) is 0.325. The van der Waals surface area contributed by atoms with E-state index in [2.05, 4.69) is 15.9 Å². The Bertz CT molecular complexity index is 331. The van der Waals surface area contributed by atoms with Crippen LogP contribution in [-0.4, -0.2) is 18.3 Å². The molecule has 0 fully saturated rings. The number of hydrogen-bond donors (Lipinski definition) is 1. The lowest BCUT2D eigenvalue weighted by Gasteiger charge is -2.07. The van der Waals surface area contributed by atoms with Gasteiger partial charge in [0.15, 0.2) is 11.6 Å². The van der Waals surface area contributed by atoms with Gasteiger partial charge in [-0.1, -0.05) is 15.9 Å². The lowest BCUT2D eigenvalue weighted by molar-refractivity contribution is 0.246. The second kappa shape index (κ2) is 6.02. The Balaban J connectivity index is 2.60. The molecular weight excluding hydrogens is 270 g/mol. The molecule has 1 N–H and O–H groups in total. The third-order valence-corrected chi connectivity index (χ3v) is 2.23. The van der Waals surface area contributed by atoms with Gasteiger partial charge in [-0.25, -0.2) is 4.39 Å². The topological polar surface area (TPSA) is 29.5 Å². The van der Waals surface area contributed by atoms with E-state index in [0.717, 1.165) is 6.07 Å². The summed E-state index contributed by atoms with van der Waals surface area (Å²) in [5.74, 6) is -2.04. The fourth-order valence-corrected chi connectivity index (χ4v) is 1.44. The summed E-state index contributed by atoms with van der Waals surface area (Å²) < 4.78 is 31.5.